The van der Waals surface area contributed by atoms with Crippen molar-refractivity contribution in [2.75, 3.05) is 23.7 Å². The summed E-state index contributed by atoms with van der Waals surface area (Å²) in [4.78, 5) is 26.9. The van der Waals surface area contributed by atoms with Crippen LogP contribution in [0.2, 0.25) is 0 Å². The minimum Gasteiger partial charge on any atom is -0.369 e. The van der Waals surface area contributed by atoms with Gasteiger partial charge in [0, 0.05) is 36.8 Å². The summed E-state index contributed by atoms with van der Waals surface area (Å²) in [5.74, 6) is 0.0569. The van der Waals surface area contributed by atoms with Gasteiger partial charge in [0.1, 0.15) is 34.8 Å². The lowest BCUT2D eigenvalue weighted by molar-refractivity contribution is -0.0980. The van der Waals surface area contributed by atoms with Crippen molar-refractivity contribution in [3.63, 3.8) is 0 Å². The SMILES string of the molecule is C#C.C=O.CCCN.CC[C@@H](CCNc1nc(NCc2c(F)cccc2F)nc(C)c1-c1nc2c(C3CC3)nccc2s1)NI=O. The second kappa shape index (κ2) is 20.6. The number of terminal acetylenes is 1. The molecule has 0 saturated heterocycles. The first kappa shape index (κ1) is 38.7. The van der Waals surface area contributed by atoms with Gasteiger partial charge in [-0.05, 0) is 63.8 Å². The smallest absolute Gasteiger partial charge is 0.237 e. The highest BCUT2D eigenvalue weighted by Gasteiger charge is 2.29. The average molecular weight is 767 g/mol. The zero-order valence-electron chi connectivity index (χ0n) is 26.3. The van der Waals surface area contributed by atoms with Gasteiger partial charge in [-0.1, -0.05) is 19.9 Å². The van der Waals surface area contributed by atoms with Crippen molar-refractivity contribution in [1.29, 1.82) is 0 Å². The number of aryl methyl sites for hydroxylation is 1. The highest BCUT2D eigenvalue weighted by molar-refractivity contribution is 14.1. The van der Waals surface area contributed by atoms with Crippen LogP contribution in [0.1, 0.15) is 68.8 Å². The quantitative estimate of drug-likeness (QED) is 0.0635. The predicted molar refractivity (Wildman–Crippen MR) is 190 cm³/mol. The lowest BCUT2D eigenvalue weighted by Gasteiger charge is -2.16. The zero-order chi connectivity index (χ0) is 34.1. The van der Waals surface area contributed by atoms with E-state index in [-0.39, 0.29) is 24.1 Å². The van der Waals surface area contributed by atoms with Crippen molar-refractivity contribution in [1.82, 2.24) is 23.5 Å². The fraction of sp³-hybridized carbons (Fsp3) is 0.406. The molecule has 1 aliphatic rings. The third kappa shape index (κ3) is 10.8. The van der Waals surface area contributed by atoms with Gasteiger partial charge in [0.05, 0.1) is 21.7 Å². The van der Waals surface area contributed by atoms with E-state index < -0.39 is 33.1 Å². The minimum absolute atomic E-state index is 0.0728. The third-order valence-electron chi connectivity index (χ3n) is 6.85. The summed E-state index contributed by atoms with van der Waals surface area (Å²) in [5, 5.41) is 7.18. The molecular formula is C32H41F2IN8O2S. The topological polar surface area (TPSA) is 148 Å². The fourth-order valence-electron chi connectivity index (χ4n) is 4.31. The summed E-state index contributed by atoms with van der Waals surface area (Å²) in [5.41, 5.74) is 8.40. The van der Waals surface area contributed by atoms with Crippen molar-refractivity contribution >= 4 is 61.6 Å². The summed E-state index contributed by atoms with van der Waals surface area (Å²) in [6.45, 7) is 9.29. The lowest BCUT2D eigenvalue weighted by atomic mass is 10.1. The van der Waals surface area contributed by atoms with Gasteiger partial charge < -0.3 is 21.2 Å². The van der Waals surface area contributed by atoms with Gasteiger partial charge in [-0.2, -0.15) is 4.98 Å². The highest BCUT2D eigenvalue weighted by Crippen LogP contribution is 2.44. The van der Waals surface area contributed by atoms with E-state index >= 15 is 0 Å². The molecule has 1 atom stereocenters. The molecule has 0 radical (unpaired) electrons. The monoisotopic (exact) mass is 766 g/mol. The Kier molecular flexibility index (Phi) is 17.3. The van der Waals surface area contributed by atoms with Gasteiger partial charge in [-0.3, -0.25) is 8.05 Å². The van der Waals surface area contributed by atoms with E-state index in [0.717, 1.165) is 65.1 Å². The molecule has 10 nitrogen and oxygen atoms in total. The van der Waals surface area contributed by atoms with E-state index in [4.69, 9.17) is 20.5 Å². The highest BCUT2D eigenvalue weighted by atomic mass is 127. The van der Waals surface area contributed by atoms with E-state index in [9.17, 15) is 11.8 Å². The molecule has 0 bridgehead atoms. The molecular weight excluding hydrogens is 725 g/mol. The Morgan fingerprint density at radius 2 is 1.78 bits per heavy atom. The number of hydrogen-bond donors (Lipinski definition) is 4. The van der Waals surface area contributed by atoms with Crippen LogP contribution in [0.3, 0.4) is 0 Å². The third-order valence-corrected chi connectivity index (χ3v) is 9.03. The number of fused-ring (bicyclic) bond motifs is 1. The second-order valence-electron chi connectivity index (χ2n) is 10.0. The maximum absolute atomic E-state index is 14.2. The van der Waals surface area contributed by atoms with Crippen molar-refractivity contribution in [3.8, 4) is 23.4 Å². The number of benzene rings is 1. The van der Waals surface area contributed by atoms with Gasteiger partial charge in [0.15, 0.2) is 0 Å². The Morgan fingerprint density at radius 1 is 1.11 bits per heavy atom. The molecule has 14 heteroatoms. The summed E-state index contributed by atoms with van der Waals surface area (Å²) in [6.07, 6.45) is 14.8. The Hall–Kier alpha value is -3.52. The van der Waals surface area contributed by atoms with Gasteiger partial charge in [-0.25, -0.2) is 22.3 Å². The number of carbonyl (C=O) groups excluding carboxylic acids is 1. The molecule has 0 aliphatic heterocycles. The maximum atomic E-state index is 14.2. The van der Waals surface area contributed by atoms with Crippen molar-refractivity contribution in [3.05, 3.63) is 59.0 Å². The fourth-order valence-corrected chi connectivity index (χ4v) is 6.48. The molecule has 0 unspecified atom stereocenters. The van der Waals surface area contributed by atoms with Crippen LogP contribution in [0.25, 0.3) is 20.8 Å². The number of nitrogens with two attached hydrogens (primary N) is 1. The Balaban J connectivity index is 0.000000841. The van der Waals surface area contributed by atoms with Crippen LogP contribution in [-0.4, -0.2) is 45.9 Å². The summed E-state index contributed by atoms with van der Waals surface area (Å²) in [7, 11) is 0. The Labute approximate surface area is 283 Å². The lowest BCUT2D eigenvalue weighted by Crippen LogP contribution is -2.23. The number of hydrogen-bond acceptors (Lipinski definition) is 10. The van der Waals surface area contributed by atoms with Crippen LogP contribution >= 0.6 is 32.8 Å². The normalized spacial score (nSPS) is 12.4. The first-order valence-electron chi connectivity index (χ1n) is 14.8. The largest absolute Gasteiger partial charge is 0.369 e. The van der Waals surface area contributed by atoms with E-state index in [0.29, 0.717) is 24.0 Å². The van der Waals surface area contributed by atoms with Crippen LogP contribution < -0.4 is 19.9 Å². The van der Waals surface area contributed by atoms with E-state index in [2.05, 4.69) is 43.9 Å². The summed E-state index contributed by atoms with van der Waals surface area (Å²) in [6, 6.07) is 5.90. The molecule has 46 heavy (non-hydrogen) atoms. The number of anilines is 2. The molecule has 1 aliphatic carbocycles. The molecule has 1 fully saturated rings. The van der Waals surface area contributed by atoms with Crippen LogP contribution in [0.4, 0.5) is 20.5 Å². The molecule has 248 valence electrons. The molecule has 1 aromatic carbocycles. The van der Waals surface area contributed by atoms with E-state index in [1.807, 2.05) is 32.9 Å². The molecule has 5 rings (SSSR count). The molecule has 1 saturated carbocycles. The van der Waals surface area contributed by atoms with Crippen LogP contribution in [0.15, 0.2) is 30.5 Å². The van der Waals surface area contributed by atoms with Crippen molar-refractivity contribution in [2.45, 2.75) is 71.4 Å². The minimum atomic E-state index is -1.25. The second-order valence-corrected chi connectivity index (χ2v) is 12.1. The van der Waals surface area contributed by atoms with Gasteiger partial charge in [0.25, 0.3) is 0 Å². The van der Waals surface area contributed by atoms with Crippen LogP contribution in [0.5, 0.6) is 0 Å². The van der Waals surface area contributed by atoms with Crippen molar-refractivity contribution in [2.24, 2.45) is 5.73 Å². The number of nitrogens with one attached hydrogen (secondary N) is 3. The number of rotatable bonds is 13. The number of carbonyl (C=O) groups is 1. The van der Waals surface area contributed by atoms with Crippen molar-refractivity contribution < 1.29 is 16.6 Å². The first-order chi connectivity index (χ1) is 22.4. The number of aromatic nitrogens is 4. The maximum Gasteiger partial charge on any atom is 0.237 e. The Morgan fingerprint density at radius 3 is 2.37 bits per heavy atom. The van der Waals surface area contributed by atoms with Crippen LogP contribution in [-0.2, 0) is 14.4 Å². The summed E-state index contributed by atoms with van der Waals surface area (Å²) >= 11 is 0.316. The molecule has 0 amide bonds. The standard InChI is InChI=1S/C26H28F2IN7OS.C3H9N.C2H2.CH2O/c1-3-16(36-29-37)9-11-31-24-21(25-34-23-20(38-25)10-12-30-22(23)15-7-8-15)14(2)33-26(35-24)32-13-17-18(27)5-4-6-19(17)28;1-2-3-4;2*1-2/h4-6,10,12,15-16H,3,7-9,11,13H2,1-2H3,(H,36,37)(H2,31,32,33,35);2-4H2,1H3;1-2H;1H2/t16-;;;/m0.../s1. The molecule has 5 N–H and O–H groups in total. The van der Waals surface area contributed by atoms with E-state index in [1.165, 1.54) is 18.2 Å². The van der Waals surface area contributed by atoms with E-state index in [1.54, 1.807) is 11.3 Å². The Bertz CT molecular complexity index is 1550. The molecule has 0 spiro atoms. The van der Waals surface area contributed by atoms with Gasteiger partial charge >= 0.3 is 0 Å². The summed E-state index contributed by atoms with van der Waals surface area (Å²) < 4.78 is 43.6. The van der Waals surface area contributed by atoms with Gasteiger partial charge in [-0.15, -0.1) is 24.2 Å². The molecule has 3 heterocycles. The van der Waals surface area contributed by atoms with Crippen LogP contribution in [0, 0.1) is 31.4 Å². The zero-order valence-corrected chi connectivity index (χ0v) is 29.3. The molecule has 4 aromatic rings. The number of pyridine rings is 1. The number of thiazole rings is 1. The number of nitrogens with zero attached hydrogens (tertiary/aromatic N) is 4. The number of halogens is 3. The first-order valence-corrected chi connectivity index (χ1v) is 17.6. The molecule has 3 aromatic heterocycles. The van der Waals surface area contributed by atoms with Gasteiger partial charge in [0.2, 0.25) is 27.4 Å². The average Bonchev–Trinajstić information content (AvgIpc) is 3.83. The predicted octanol–water partition coefficient (Wildman–Crippen LogP) is 7.05.